The fourth-order valence-electron chi connectivity index (χ4n) is 4.32. The number of nitrogens with one attached hydrogen (secondary N) is 1. The van der Waals surface area contributed by atoms with Crippen LogP contribution in [0, 0.1) is 5.92 Å². The topological polar surface area (TPSA) is 50.2 Å². The average Bonchev–Trinajstić information content (AvgIpc) is 3.21. The molecule has 1 aliphatic carbocycles. The van der Waals surface area contributed by atoms with E-state index in [-0.39, 0.29) is 10.6 Å². The minimum absolute atomic E-state index is 0.210. The van der Waals surface area contributed by atoms with Crippen molar-refractivity contribution in [1.82, 2.24) is 14.7 Å². The predicted molar refractivity (Wildman–Crippen MR) is 110 cm³/mol. The van der Waals surface area contributed by atoms with Gasteiger partial charge in [0.25, 0.3) is 5.56 Å². The monoisotopic (exact) mass is 386 g/mol. The number of hydrogen-bond acceptors (Lipinski definition) is 4. The van der Waals surface area contributed by atoms with Crippen molar-refractivity contribution < 1.29 is 0 Å². The third-order valence-electron chi connectivity index (χ3n) is 5.86. The molecule has 1 aliphatic heterocycles. The van der Waals surface area contributed by atoms with Crippen LogP contribution in [0.15, 0.2) is 41.3 Å². The Morgan fingerprint density at radius 1 is 1.07 bits per heavy atom. The minimum atomic E-state index is -0.286. The number of halogens is 1. The van der Waals surface area contributed by atoms with Crippen molar-refractivity contribution in [3.05, 3.63) is 51.9 Å². The van der Waals surface area contributed by atoms with Crippen LogP contribution in [0.5, 0.6) is 0 Å². The zero-order valence-electron chi connectivity index (χ0n) is 15.6. The molecule has 0 bridgehead atoms. The van der Waals surface area contributed by atoms with Gasteiger partial charge < -0.3 is 10.2 Å². The molecule has 4 rings (SSSR count). The Morgan fingerprint density at radius 3 is 2.48 bits per heavy atom. The van der Waals surface area contributed by atoms with E-state index in [1.54, 1.807) is 6.20 Å². The number of piperidine rings is 1. The second-order valence-electron chi connectivity index (χ2n) is 7.79. The Bertz CT molecular complexity index is 809. The number of para-hydroxylation sites is 1. The van der Waals surface area contributed by atoms with Crippen molar-refractivity contribution in [2.45, 2.75) is 44.6 Å². The van der Waals surface area contributed by atoms with Crippen molar-refractivity contribution in [3.8, 4) is 5.69 Å². The first-order valence-corrected chi connectivity index (χ1v) is 10.4. The normalized spacial score (nSPS) is 19.4. The Hall–Kier alpha value is -1.85. The second kappa shape index (κ2) is 8.44. The molecule has 1 aromatic carbocycles. The van der Waals surface area contributed by atoms with Gasteiger partial charge in [0.1, 0.15) is 5.02 Å². The summed E-state index contributed by atoms with van der Waals surface area (Å²) < 4.78 is 1.34. The fraction of sp³-hybridized carbons (Fsp3) is 0.524. The number of likely N-dealkylation sites (tertiary alicyclic amines) is 1. The first-order chi connectivity index (χ1) is 13.2. The van der Waals surface area contributed by atoms with E-state index in [0.717, 1.165) is 37.5 Å². The molecule has 1 saturated carbocycles. The summed E-state index contributed by atoms with van der Waals surface area (Å²) in [5.41, 5.74) is 1.07. The van der Waals surface area contributed by atoms with Crippen LogP contribution < -0.4 is 10.9 Å². The minimum Gasteiger partial charge on any atom is -0.380 e. The molecule has 144 valence electrons. The highest BCUT2D eigenvalue weighted by Crippen LogP contribution is 2.27. The Labute approximate surface area is 165 Å². The average molecular weight is 387 g/mol. The highest BCUT2D eigenvalue weighted by molar-refractivity contribution is 6.32. The number of hydrogen-bond donors (Lipinski definition) is 1. The molecular formula is C21H27ClN4O. The molecule has 0 spiro atoms. The first-order valence-electron chi connectivity index (χ1n) is 10.0. The van der Waals surface area contributed by atoms with Crippen molar-refractivity contribution in [1.29, 1.82) is 0 Å². The van der Waals surface area contributed by atoms with Crippen LogP contribution in [0.1, 0.15) is 38.5 Å². The Kier molecular flexibility index (Phi) is 5.79. The van der Waals surface area contributed by atoms with Gasteiger partial charge in [-0.25, -0.2) is 0 Å². The van der Waals surface area contributed by atoms with Gasteiger partial charge in [0.15, 0.2) is 0 Å². The van der Waals surface area contributed by atoms with Crippen molar-refractivity contribution in [2.24, 2.45) is 5.92 Å². The molecule has 6 heteroatoms. The van der Waals surface area contributed by atoms with Gasteiger partial charge in [-0.1, -0.05) is 42.6 Å². The van der Waals surface area contributed by atoms with E-state index in [9.17, 15) is 4.79 Å². The summed E-state index contributed by atoms with van der Waals surface area (Å²) in [6, 6.07) is 9.70. The van der Waals surface area contributed by atoms with E-state index in [2.05, 4.69) is 15.3 Å². The van der Waals surface area contributed by atoms with Gasteiger partial charge in [0.05, 0.1) is 17.6 Å². The van der Waals surface area contributed by atoms with Crippen LogP contribution in [0.2, 0.25) is 5.02 Å². The first kappa shape index (κ1) is 18.5. The third kappa shape index (κ3) is 4.36. The van der Waals surface area contributed by atoms with Crippen LogP contribution >= 0.6 is 11.6 Å². The van der Waals surface area contributed by atoms with Gasteiger partial charge in [-0.15, -0.1) is 0 Å². The van der Waals surface area contributed by atoms with E-state index in [1.165, 1.54) is 36.9 Å². The summed E-state index contributed by atoms with van der Waals surface area (Å²) in [6.45, 7) is 3.47. The highest BCUT2D eigenvalue weighted by Gasteiger charge is 2.24. The SMILES string of the molecule is O=c1c(Cl)c(NC2CCN(CC3CCCC3)CC2)cnn1-c1ccccc1. The molecule has 0 unspecified atom stereocenters. The van der Waals surface area contributed by atoms with Gasteiger partial charge in [0, 0.05) is 25.7 Å². The number of benzene rings is 1. The molecule has 0 radical (unpaired) electrons. The fourth-order valence-corrected chi connectivity index (χ4v) is 4.51. The summed E-state index contributed by atoms with van der Waals surface area (Å²) in [7, 11) is 0. The van der Waals surface area contributed by atoms with Gasteiger partial charge in [-0.3, -0.25) is 4.79 Å². The second-order valence-corrected chi connectivity index (χ2v) is 8.17. The molecule has 1 N–H and O–H groups in total. The van der Waals surface area contributed by atoms with Gasteiger partial charge in [0.2, 0.25) is 0 Å². The van der Waals surface area contributed by atoms with Crippen molar-refractivity contribution in [3.63, 3.8) is 0 Å². The lowest BCUT2D eigenvalue weighted by Crippen LogP contribution is -2.41. The molecule has 0 atom stereocenters. The maximum absolute atomic E-state index is 12.6. The van der Waals surface area contributed by atoms with Crippen LogP contribution in [0.3, 0.4) is 0 Å². The van der Waals surface area contributed by atoms with E-state index >= 15 is 0 Å². The summed E-state index contributed by atoms with van der Waals surface area (Å²) in [5.74, 6) is 0.902. The Balaban J connectivity index is 1.37. The maximum atomic E-state index is 12.6. The van der Waals surface area contributed by atoms with Crippen LogP contribution in [0.4, 0.5) is 5.69 Å². The molecule has 1 saturated heterocycles. The lowest BCUT2D eigenvalue weighted by atomic mass is 10.0. The number of nitrogens with zero attached hydrogens (tertiary/aromatic N) is 3. The Morgan fingerprint density at radius 2 is 1.78 bits per heavy atom. The zero-order chi connectivity index (χ0) is 18.6. The van der Waals surface area contributed by atoms with Gasteiger partial charge in [-0.05, 0) is 43.7 Å². The number of rotatable bonds is 5. The predicted octanol–water partition coefficient (Wildman–Crippen LogP) is 3.95. The summed E-state index contributed by atoms with van der Waals surface area (Å²) >= 11 is 6.36. The van der Waals surface area contributed by atoms with Crippen molar-refractivity contribution >= 4 is 17.3 Å². The summed E-state index contributed by atoms with van der Waals surface area (Å²) in [4.78, 5) is 15.2. The quantitative estimate of drug-likeness (QED) is 0.845. The van der Waals surface area contributed by atoms with E-state index in [4.69, 9.17) is 11.6 Å². The lowest BCUT2D eigenvalue weighted by molar-refractivity contribution is 0.189. The lowest BCUT2D eigenvalue weighted by Gasteiger charge is -2.34. The van der Waals surface area contributed by atoms with Crippen molar-refractivity contribution in [2.75, 3.05) is 25.0 Å². The molecular weight excluding hydrogens is 360 g/mol. The van der Waals surface area contributed by atoms with Crippen LogP contribution in [-0.2, 0) is 0 Å². The van der Waals surface area contributed by atoms with E-state index < -0.39 is 0 Å². The largest absolute Gasteiger partial charge is 0.380 e. The number of anilines is 1. The summed E-state index contributed by atoms with van der Waals surface area (Å²) in [5, 5.41) is 7.96. The standard InChI is InChI=1S/C21H27ClN4O/c22-20-19(14-23-26(21(20)27)18-8-2-1-3-9-18)24-17-10-12-25(13-11-17)15-16-6-4-5-7-16/h1-3,8-9,14,16-17,24H,4-7,10-13,15H2. The molecule has 0 amide bonds. The zero-order valence-corrected chi connectivity index (χ0v) is 16.4. The maximum Gasteiger partial charge on any atom is 0.292 e. The third-order valence-corrected chi connectivity index (χ3v) is 6.22. The smallest absolute Gasteiger partial charge is 0.292 e. The molecule has 2 aliphatic rings. The summed E-state index contributed by atoms with van der Waals surface area (Å²) in [6.07, 6.45) is 9.43. The highest BCUT2D eigenvalue weighted by atomic mass is 35.5. The molecule has 1 aromatic heterocycles. The van der Waals surface area contributed by atoms with Gasteiger partial charge in [-0.2, -0.15) is 9.78 Å². The number of aromatic nitrogens is 2. The van der Waals surface area contributed by atoms with E-state index in [1.807, 2.05) is 30.3 Å². The van der Waals surface area contributed by atoms with Crippen LogP contribution in [0.25, 0.3) is 5.69 Å². The van der Waals surface area contributed by atoms with E-state index in [0.29, 0.717) is 11.7 Å². The van der Waals surface area contributed by atoms with Crippen LogP contribution in [-0.4, -0.2) is 40.4 Å². The van der Waals surface area contributed by atoms with Gasteiger partial charge >= 0.3 is 0 Å². The molecule has 2 fully saturated rings. The molecule has 2 aromatic rings. The molecule has 27 heavy (non-hydrogen) atoms. The molecule has 5 nitrogen and oxygen atoms in total. The molecule has 2 heterocycles.